The SMILES string of the molecule is C[C@@H](NC(=O)[C@@H](C#N)C(=O)c1ccc(F)cc1)c1ccccc1. The fourth-order valence-corrected chi connectivity index (χ4v) is 2.14. The minimum Gasteiger partial charge on any atom is -0.348 e. The van der Waals surface area contributed by atoms with E-state index in [1.54, 1.807) is 13.0 Å². The second kappa shape index (κ2) is 7.32. The quantitative estimate of drug-likeness (QED) is 0.681. The molecule has 0 radical (unpaired) electrons. The van der Waals surface area contributed by atoms with Crippen LogP contribution in [0.4, 0.5) is 4.39 Å². The fourth-order valence-electron chi connectivity index (χ4n) is 2.14. The Morgan fingerprint density at radius 3 is 2.26 bits per heavy atom. The largest absolute Gasteiger partial charge is 0.348 e. The molecule has 0 fully saturated rings. The van der Waals surface area contributed by atoms with Gasteiger partial charge in [-0.25, -0.2) is 4.39 Å². The molecule has 0 aliphatic rings. The predicted molar refractivity (Wildman–Crippen MR) is 82.8 cm³/mol. The Balaban J connectivity index is 2.11. The van der Waals surface area contributed by atoms with Crippen LogP contribution in [0, 0.1) is 23.1 Å². The first-order chi connectivity index (χ1) is 11.0. The highest BCUT2D eigenvalue weighted by molar-refractivity contribution is 6.12. The van der Waals surface area contributed by atoms with Crippen molar-refractivity contribution in [2.45, 2.75) is 13.0 Å². The lowest BCUT2D eigenvalue weighted by molar-refractivity contribution is -0.122. The third-order valence-corrected chi connectivity index (χ3v) is 3.44. The van der Waals surface area contributed by atoms with Gasteiger partial charge in [0, 0.05) is 5.56 Å². The Morgan fingerprint density at radius 2 is 1.70 bits per heavy atom. The molecule has 0 aliphatic heterocycles. The van der Waals surface area contributed by atoms with Crippen LogP contribution in [-0.2, 0) is 4.79 Å². The van der Waals surface area contributed by atoms with Crippen LogP contribution in [0.1, 0.15) is 28.9 Å². The lowest BCUT2D eigenvalue weighted by atomic mass is 9.97. The van der Waals surface area contributed by atoms with E-state index in [0.717, 1.165) is 17.7 Å². The van der Waals surface area contributed by atoms with Crippen LogP contribution in [0.2, 0.25) is 0 Å². The maximum absolute atomic E-state index is 12.9. The number of carbonyl (C=O) groups is 2. The summed E-state index contributed by atoms with van der Waals surface area (Å²) in [6.07, 6.45) is 0. The molecule has 0 aliphatic carbocycles. The molecule has 2 atom stereocenters. The van der Waals surface area contributed by atoms with Gasteiger partial charge in [-0.05, 0) is 36.8 Å². The van der Waals surface area contributed by atoms with E-state index in [2.05, 4.69) is 5.32 Å². The first-order valence-electron chi connectivity index (χ1n) is 7.07. The molecule has 4 nitrogen and oxygen atoms in total. The average molecular weight is 310 g/mol. The second-order valence-corrected chi connectivity index (χ2v) is 5.07. The van der Waals surface area contributed by atoms with Gasteiger partial charge in [-0.2, -0.15) is 5.26 Å². The van der Waals surface area contributed by atoms with Crippen LogP contribution in [0.3, 0.4) is 0 Å². The van der Waals surface area contributed by atoms with Crippen molar-refractivity contribution in [1.29, 1.82) is 5.26 Å². The maximum Gasteiger partial charge on any atom is 0.245 e. The number of hydrogen-bond donors (Lipinski definition) is 1. The summed E-state index contributed by atoms with van der Waals surface area (Å²) in [5.41, 5.74) is 0.993. The van der Waals surface area contributed by atoms with Crippen LogP contribution in [0.15, 0.2) is 54.6 Å². The van der Waals surface area contributed by atoms with E-state index in [9.17, 15) is 14.0 Å². The Labute approximate surface area is 133 Å². The maximum atomic E-state index is 12.9. The predicted octanol–water partition coefficient (Wildman–Crippen LogP) is 3.03. The first-order valence-corrected chi connectivity index (χ1v) is 7.07. The molecule has 1 amide bonds. The monoisotopic (exact) mass is 310 g/mol. The summed E-state index contributed by atoms with van der Waals surface area (Å²) in [6.45, 7) is 1.77. The molecule has 0 spiro atoms. The van der Waals surface area contributed by atoms with Gasteiger partial charge >= 0.3 is 0 Å². The van der Waals surface area contributed by atoms with Gasteiger partial charge in [0.25, 0.3) is 0 Å². The van der Waals surface area contributed by atoms with Gasteiger partial charge in [0.1, 0.15) is 5.82 Å². The molecule has 1 N–H and O–H groups in total. The minimum atomic E-state index is -1.47. The van der Waals surface area contributed by atoms with Crippen molar-refractivity contribution >= 4 is 11.7 Å². The van der Waals surface area contributed by atoms with E-state index >= 15 is 0 Å². The van der Waals surface area contributed by atoms with Gasteiger partial charge < -0.3 is 5.32 Å². The normalized spacial score (nSPS) is 12.7. The van der Waals surface area contributed by atoms with Crippen LogP contribution in [-0.4, -0.2) is 11.7 Å². The highest BCUT2D eigenvalue weighted by Crippen LogP contribution is 2.14. The summed E-state index contributed by atoms with van der Waals surface area (Å²) in [5.74, 6) is -3.27. The molecular formula is C18H15FN2O2. The topological polar surface area (TPSA) is 70.0 Å². The number of rotatable bonds is 5. The average Bonchev–Trinajstić information content (AvgIpc) is 2.56. The molecular weight excluding hydrogens is 295 g/mol. The zero-order valence-corrected chi connectivity index (χ0v) is 12.5. The molecule has 0 heterocycles. The van der Waals surface area contributed by atoms with Crippen molar-refractivity contribution in [3.05, 3.63) is 71.5 Å². The highest BCUT2D eigenvalue weighted by atomic mass is 19.1. The molecule has 2 rings (SSSR count). The van der Waals surface area contributed by atoms with Crippen LogP contribution < -0.4 is 5.32 Å². The summed E-state index contributed by atoms with van der Waals surface area (Å²) in [6, 6.07) is 15.3. The van der Waals surface area contributed by atoms with Crippen LogP contribution in [0.25, 0.3) is 0 Å². The lowest BCUT2D eigenvalue weighted by Crippen LogP contribution is -2.36. The molecule has 2 aromatic rings. The zero-order valence-electron chi connectivity index (χ0n) is 12.5. The zero-order chi connectivity index (χ0) is 16.8. The van der Waals surface area contributed by atoms with E-state index < -0.39 is 23.4 Å². The second-order valence-electron chi connectivity index (χ2n) is 5.07. The van der Waals surface area contributed by atoms with Crippen molar-refractivity contribution in [3.8, 4) is 6.07 Å². The van der Waals surface area contributed by atoms with Crippen LogP contribution >= 0.6 is 0 Å². The number of nitrogens with one attached hydrogen (secondary N) is 1. The molecule has 0 saturated carbocycles. The first kappa shape index (κ1) is 16.4. The van der Waals surface area contributed by atoms with Crippen molar-refractivity contribution in [2.24, 2.45) is 5.92 Å². The molecule has 116 valence electrons. The van der Waals surface area contributed by atoms with Gasteiger partial charge in [-0.1, -0.05) is 30.3 Å². The summed E-state index contributed by atoms with van der Waals surface area (Å²) < 4.78 is 12.9. The number of amides is 1. The molecule has 0 unspecified atom stereocenters. The molecule has 0 saturated heterocycles. The summed E-state index contributed by atoms with van der Waals surface area (Å²) >= 11 is 0. The number of hydrogen-bond acceptors (Lipinski definition) is 3. The van der Waals surface area contributed by atoms with Gasteiger partial charge in [0.05, 0.1) is 12.1 Å². The van der Waals surface area contributed by atoms with E-state index in [0.29, 0.717) is 0 Å². The number of carbonyl (C=O) groups excluding carboxylic acids is 2. The van der Waals surface area contributed by atoms with Crippen LogP contribution in [0.5, 0.6) is 0 Å². The Morgan fingerprint density at radius 1 is 1.09 bits per heavy atom. The Kier molecular flexibility index (Phi) is 5.21. The third kappa shape index (κ3) is 4.01. The van der Waals surface area contributed by atoms with Gasteiger partial charge in [0.15, 0.2) is 11.7 Å². The molecule has 0 aromatic heterocycles. The van der Waals surface area contributed by atoms with Crippen molar-refractivity contribution in [1.82, 2.24) is 5.32 Å². The van der Waals surface area contributed by atoms with Crippen molar-refractivity contribution < 1.29 is 14.0 Å². The number of ketones is 1. The van der Waals surface area contributed by atoms with E-state index in [4.69, 9.17) is 5.26 Å². The number of benzene rings is 2. The summed E-state index contributed by atoms with van der Waals surface area (Å²) in [5, 5.41) is 11.8. The highest BCUT2D eigenvalue weighted by Gasteiger charge is 2.28. The van der Waals surface area contributed by atoms with Crippen molar-refractivity contribution in [2.75, 3.05) is 0 Å². The van der Waals surface area contributed by atoms with E-state index in [1.807, 2.05) is 30.3 Å². The fraction of sp³-hybridized carbons (Fsp3) is 0.167. The number of Topliss-reactive ketones (excluding diaryl/α,β-unsaturated/α-hetero) is 1. The summed E-state index contributed by atoms with van der Waals surface area (Å²) in [4.78, 5) is 24.5. The van der Waals surface area contributed by atoms with E-state index in [-0.39, 0.29) is 11.6 Å². The molecule has 0 bridgehead atoms. The molecule has 23 heavy (non-hydrogen) atoms. The standard InChI is InChI=1S/C18H15FN2O2/c1-12(13-5-3-2-4-6-13)21-18(23)16(11-20)17(22)14-7-9-15(19)10-8-14/h2-10,12,16H,1H3,(H,21,23)/t12-,16+/m1/s1. The smallest absolute Gasteiger partial charge is 0.245 e. The number of halogens is 1. The molecule has 2 aromatic carbocycles. The van der Waals surface area contributed by atoms with Gasteiger partial charge in [-0.15, -0.1) is 0 Å². The Hall–Kier alpha value is -3.00. The molecule has 5 heteroatoms. The minimum absolute atomic E-state index is 0.125. The number of nitriles is 1. The Bertz CT molecular complexity index is 736. The third-order valence-electron chi connectivity index (χ3n) is 3.44. The summed E-state index contributed by atoms with van der Waals surface area (Å²) in [7, 11) is 0. The van der Waals surface area contributed by atoms with Crippen molar-refractivity contribution in [3.63, 3.8) is 0 Å². The lowest BCUT2D eigenvalue weighted by Gasteiger charge is -2.16. The van der Waals surface area contributed by atoms with E-state index in [1.165, 1.54) is 12.1 Å². The number of nitrogens with zero attached hydrogens (tertiary/aromatic N) is 1. The van der Waals surface area contributed by atoms with Gasteiger partial charge in [0.2, 0.25) is 5.91 Å². The van der Waals surface area contributed by atoms with Gasteiger partial charge in [-0.3, -0.25) is 9.59 Å².